The van der Waals surface area contributed by atoms with Crippen LogP contribution in [-0.4, -0.2) is 26.1 Å². The van der Waals surface area contributed by atoms with Crippen molar-refractivity contribution in [1.29, 1.82) is 0 Å². The Morgan fingerprint density at radius 2 is 1.95 bits per heavy atom. The van der Waals surface area contributed by atoms with E-state index >= 15 is 0 Å². The number of nitrogens with zero attached hydrogens (tertiary/aromatic N) is 5. The number of rotatable bonds is 4. The van der Waals surface area contributed by atoms with Gasteiger partial charge in [-0.15, -0.1) is 10.2 Å². The predicted octanol–water partition coefficient (Wildman–Crippen LogP) is 3.01. The predicted molar refractivity (Wildman–Crippen MR) is 79.9 cm³/mol. The lowest BCUT2D eigenvalue weighted by molar-refractivity contribution is 0.879. The highest BCUT2D eigenvalue weighted by Crippen LogP contribution is 2.27. The minimum atomic E-state index is 0.408. The van der Waals surface area contributed by atoms with Crippen molar-refractivity contribution in [2.45, 2.75) is 0 Å². The number of thiazole rings is 1. The summed E-state index contributed by atoms with van der Waals surface area (Å²) in [6.07, 6.45) is 4.61. The van der Waals surface area contributed by atoms with Crippen LogP contribution in [0, 0.1) is 0 Å². The maximum atomic E-state index is 6.08. The number of benzene rings is 1. The van der Waals surface area contributed by atoms with E-state index in [2.05, 4.69) is 25.6 Å². The second-order valence-electron chi connectivity index (χ2n) is 3.75. The molecule has 6 nitrogen and oxygen atoms in total. The first-order valence-corrected chi connectivity index (χ1v) is 6.88. The van der Waals surface area contributed by atoms with Gasteiger partial charge in [-0.05, 0) is 12.1 Å². The number of hydrogen-bond acceptors (Lipinski definition) is 6. The summed E-state index contributed by atoms with van der Waals surface area (Å²) < 4.78 is 1.49. The zero-order valence-electron chi connectivity index (χ0n) is 10.1. The molecule has 0 aliphatic heterocycles. The van der Waals surface area contributed by atoms with Crippen LogP contribution >= 0.6 is 22.9 Å². The molecule has 0 amide bonds. The largest absolute Gasteiger partial charge is 0.331 e. The van der Waals surface area contributed by atoms with Gasteiger partial charge in [-0.2, -0.15) is 5.10 Å². The summed E-state index contributed by atoms with van der Waals surface area (Å²) in [4.78, 5) is 5.01. The molecule has 3 aromatic rings. The van der Waals surface area contributed by atoms with Crippen molar-refractivity contribution < 1.29 is 0 Å². The Balaban J connectivity index is 1.77. The lowest BCUT2D eigenvalue weighted by Gasteiger charge is -1.99. The fourth-order valence-electron chi connectivity index (χ4n) is 1.47. The average Bonchev–Trinajstić information content (AvgIpc) is 3.08. The van der Waals surface area contributed by atoms with Gasteiger partial charge in [0.1, 0.15) is 12.7 Å². The third kappa shape index (κ3) is 3.01. The van der Waals surface area contributed by atoms with Crippen LogP contribution in [0.1, 0.15) is 4.88 Å². The highest BCUT2D eigenvalue weighted by atomic mass is 35.5. The summed E-state index contributed by atoms with van der Waals surface area (Å²) in [6.45, 7) is 0. The van der Waals surface area contributed by atoms with Crippen LogP contribution in [0.3, 0.4) is 0 Å². The van der Waals surface area contributed by atoms with E-state index in [4.69, 9.17) is 11.6 Å². The third-order valence-electron chi connectivity index (χ3n) is 2.35. The van der Waals surface area contributed by atoms with Crippen LogP contribution in [0.4, 0.5) is 10.8 Å². The van der Waals surface area contributed by atoms with Gasteiger partial charge < -0.3 is 5.32 Å². The Labute approximate surface area is 123 Å². The maximum absolute atomic E-state index is 6.08. The molecule has 100 valence electrons. The van der Waals surface area contributed by atoms with Gasteiger partial charge in [0.25, 0.3) is 0 Å². The minimum absolute atomic E-state index is 0.408. The summed E-state index contributed by atoms with van der Waals surface area (Å²) >= 11 is 7.50. The van der Waals surface area contributed by atoms with E-state index in [1.54, 1.807) is 6.21 Å². The third-order valence-corrected chi connectivity index (χ3v) is 3.66. The molecule has 8 heteroatoms. The lowest BCUT2D eigenvalue weighted by atomic mass is 10.3. The van der Waals surface area contributed by atoms with Gasteiger partial charge in [-0.1, -0.05) is 41.1 Å². The standard InChI is InChI=1S/C12H9ClN6S/c13-11-10(6-16-19-7-14-15-8-19)20-12(18-11)17-9-4-2-1-3-5-9/h1-8H,(H,17,18)/b16-6-. The molecule has 1 N–H and O–H groups in total. The summed E-state index contributed by atoms with van der Waals surface area (Å²) in [6, 6.07) is 9.77. The summed E-state index contributed by atoms with van der Waals surface area (Å²) in [5, 5.41) is 15.8. The summed E-state index contributed by atoms with van der Waals surface area (Å²) in [5.41, 5.74) is 0.959. The van der Waals surface area contributed by atoms with E-state index in [0.29, 0.717) is 10.3 Å². The number of nitrogens with one attached hydrogen (secondary N) is 1. The van der Waals surface area contributed by atoms with Crippen LogP contribution in [0.2, 0.25) is 5.15 Å². The van der Waals surface area contributed by atoms with Crippen LogP contribution < -0.4 is 5.32 Å². The number of halogens is 1. The van der Waals surface area contributed by atoms with Crippen molar-refractivity contribution in [3.05, 3.63) is 53.0 Å². The van der Waals surface area contributed by atoms with Gasteiger partial charge in [-0.3, -0.25) is 0 Å². The molecule has 0 radical (unpaired) electrons. The highest BCUT2D eigenvalue weighted by Gasteiger charge is 2.07. The lowest BCUT2D eigenvalue weighted by Crippen LogP contribution is -1.87. The van der Waals surface area contributed by atoms with Crippen molar-refractivity contribution in [2.24, 2.45) is 5.10 Å². The van der Waals surface area contributed by atoms with Gasteiger partial charge >= 0.3 is 0 Å². The first-order valence-electron chi connectivity index (χ1n) is 5.68. The van der Waals surface area contributed by atoms with E-state index in [-0.39, 0.29) is 0 Å². The maximum Gasteiger partial charge on any atom is 0.189 e. The van der Waals surface area contributed by atoms with Gasteiger partial charge in [-0.25, -0.2) is 9.66 Å². The molecule has 1 aromatic carbocycles. The fourth-order valence-corrected chi connectivity index (χ4v) is 2.51. The van der Waals surface area contributed by atoms with E-state index in [9.17, 15) is 0 Å². The first-order chi connectivity index (χ1) is 9.81. The van der Waals surface area contributed by atoms with Crippen LogP contribution in [0.5, 0.6) is 0 Å². The Hall–Kier alpha value is -2.25. The average molecular weight is 305 g/mol. The van der Waals surface area contributed by atoms with Crippen LogP contribution in [-0.2, 0) is 0 Å². The topological polar surface area (TPSA) is 68.0 Å². The zero-order valence-corrected chi connectivity index (χ0v) is 11.7. The van der Waals surface area contributed by atoms with Gasteiger partial charge in [0.15, 0.2) is 10.3 Å². The molecule has 0 fully saturated rings. The van der Waals surface area contributed by atoms with Gasteiger partial charge in [0.05, 0.1) is 11.1 Å². The minimum Gasteiger partial charge on any atom is -0.331 e. The SMILES string of the molecule is Clc1nc(Nc2ccccc2)sc1/C=N\n1cnnc1. The molecule has 0 saturated heterocycles. The van der Waals surface area contributed by atoms with Crippen molar-refractivity contribution in [3.8, 4) is 0 Å². The molecular weight excluding hydrogens is 296 g/mol. The fraction of sp³-hybridized carbons (Fsp3) is 0. The molecule has 0 spiro atoms. The number of anilines is 2. The van der Waals surface area contributed by atoms with Gasteiger partial charge in [0, 0.05) is 5.69 Å². The molecule has 20 heavy (non-hydrogen) atoms. The monoisotopic (exact) mass is 304 g/mol. The van der Waals surface area contributed by atoms with E-state index in [1.807, 2.05) is 30.3 Å². The number of hydrogen-bond donors (Lipinski definition) is 1. The molecule has 0 aliphatic rings. The van der Waals surface area contributed by atoms with E-state index < -0.39 is 0 Å². The highest BCUT2D eigenvalue weighted by molar-refractivity contribution is 7.17. The molecule has 3 rings (SSSR count). The molecule has 0 saturated carbocycles. The molecule has 0 bridgehead atoms. The Kier molecular flexibility index (Phi) is 3.71. The summed E-state index contributed by atoms with van der Waals surface area (Å²) in [7, 11) is 0. The van der Waals surface area contributed by atoms with Crippen LogP contribution in [0.15, 0.2) is 48.1 Å². The molecule has 2 aromatic heterocycles. The smallest absolute Gasteiger partial charge is 0.189 e. The normalized spacial score (nSPS) is 11.1. The molecule has 0 aliphatic carbocycles. The summed E-state index contributed by atoms with van der Waals surface area (Å²) in [5.74, 6) is 0. The second kappa shape index (κ2) is 5.81. The van der Waals surface area contributed by atoms with Gasteiger partial charge in [0.2, 0.25) is 0 Å². The van der Waals surface area contributed by atoms with Crippen molar-refractivity contribution in [1.82, 2.24) is 19.9 Å². The number of para-hydroxylation sites is 1. The Morgan fingerprint density at radius 1 is 1.20 bits per heavy atom. The van der Waals surface area contributed by atoms with Crippen molar-refractivity contribution in [2.75, 3.05) is 5.32 Å². The first kappa shape index (κ1) is 12.8. The molecular formula is C12H9ClN6S. The molecule has 2 heterocycles. The Morgan fingerprint density at radius 3 is 2.70 bits per heavy atom. The van der Waals surface area contributed by atoms with E-state index in [1.165, 1.54) is 28.7 Å². The quantitative estimate of drug-likeness (QED) is 0.752. The second-order valence-corrected chi connectivity index (χ2v) is 5.14. The van der Waals surface area contributed by atoms with Crippen molar-refractivity contribution in [3.63, 3.8) is 0 Å². The number of aromatic nitrogens is 4. The molecule has 0 unspecified atom stereocenters. The van der Waals surface area contributed by atoms with Crippen LogP contribution in [0.25, 0.3) is 0 Å². The van der Waals surface area contributed by atoms with Crippen molar-refractivity contribution >= 4 is 40.0 Å². The zero-order chi connectivity index (χ0) is 13.8. The molecule has 0 atom stereocenters. The van der Waals surface area contributed by atoms with E-state index in [0.717, 1.165) is 10.6 Å². The Bertz CT molecular complexity index is 707.